The Hall–Kier alpha value is -0.470. The van der Waals surface area contributed by atoms with Crippen LogP contribution in [-0.4, -0.2) is 49.5 Å². The highest BCUT2D eigenvalue weighted by atomic mass is 127. The molecule has 0 radical (unpaired) electrons. The van der Waals surface area contributed by atoms with Gasteiger partial charge in [-0.05, 0) is 36.4 Å². The molecule has 102 valence electrons. The van der Waals surface area contributed by atoms with Gasteiger partial charge in [-0.25, -0.2) is 9.97 Å². The van der Waals surface area contributed by atoms with Crippen molar-refractivity contribution >= 4 is 28.4 Å². The van der Waals surface area contributed by atoms with Crippen molar-refractivity contribution in [3.63, 3.8) is 0 Å². The lowest BCUT2D eigenvalue weighted by atomic mass is 10.4. The van der Waals surface area contributed by atoms with E-state index in [4.69, 9.17) is 9.47 Å². The summed E-state index contributed by atoms with van der Waals surface area (Å²) in [7, 11) is 0. The van der Waals surface area contributed by atoms with Crippen LogP contribution in [0, 0.1) is 3.57 Å². The van der Waals surface area contributed by atoms with Crippen LogP contribution in [0.4, 0.5) is 5.82 Å². The van der Waals surface area contributed by atoms with Gasteiger partial charge in [-0.3, -0.25) is 0 Å². The van der Waals surface area contributed by atoms with E-state index in [-0.39, 0.29) is 0 Å². The van der Waals surface area contributed by atoms with Crippen molar-refractivity contribution in [3.05, 3.63) is 16.1 Å². The highest BCUT2D eigenvalue weighted by molar-refractivity contribution is 14.1. The lowest BCUT2D eigenvalue weighted by Gasteiger charge is -2.24. The minimum Gasteiger partial charge on any atom is -0.380 e. The minimum atomic E-state index is 0.697. The predicted molar refractivity (Wildman–Crippen MR) is 79.9 cm³/mol. The molecule has 0 aliphatic rings. The summed E-state index contributed by atoms with van der Waals surface area (Å²) in [4.78, 5) is 10.5. The van der Waals surface area contributed by atoms with Crippen molar-refractivity contribution < 1.29 is 9.47 Å². The van der Waals surface area contributed by atoms with Crippen molar-refractivity contribution in [1.29, 1.82) is 0 Å². The van der Waals surface area contributed by atoms with Crippen LogP contribution in [-0.2, 0) is 9.47 Å². The van der Waals surface area contributed by atoms with Gasteiger partial charge in [0.1, 0.15) is 12.1 Å². The van der Waals surface area contributed by atoms with Crippen molar-refractivity contribution in [2.75, 3.05) is 44.4 Å². The molecule has 6 heteroatoms. The minimum absolute atomic E-state index is 0.697. The largest absolute Gasteiger partial charge is 0.380 e. The Labute approximate surface area is 122 Å². The van der Waals surface area contributed by atoms with Crippen molar-refractivity contribution in [2.24, 2.45) is 0 Å². The molecule has 0 bridgehead atoms. The van der Waals surface area contributed by atoms with Gasteiger partial charge in [0.15, 0.2) is 0 Å². The van der Waals surface area contributed by atoms with E-state index in [0.717, 1.165) is 35.7 Å². The average Bonchev–Trinajstić information content (AvgIpc) is 2.38. The molecule has 0 fully saturated rings. The normalized spacial score (nSPS) is 10.6. The summed E-state index contributed by atoms with van der Waals surface area (Å²) in [6, 6.07) is 0. The summed E-state index contributed by atoms with van der Waals surface area (Å²) in [5.41, 5.74) is 0. The predicted octanol–water partition coefficient (Wildman–Crippen LogP) is 1.96. The van der Waals surface area contributed by atoms with E-state index in [2.05, 4.69) is 37.5 Å². The molecule has 0 saturated heterocycles. The number of hydrogen-bond acceptors (Lipinski definition) is 5. The number of halogens is 1. The Bertz CT molecular complexity index is 329. The van der Waals surface area contributed by atoms with E-state index in [9.17, 15) is 0 Å². The molecule has 0 N–H and O–H groups in total. The molecule has 0 saturated carbocycles. The molecular formula is C12H20IN3O2. The van der Waals surface area contributed by atoms with Crippen LogP contribution in [0.1, 0.15) is 13.8 Å². The zero-order valence-electron chi connectivity index (χ0n) is 10.9. The first-order valence-electron chi connectivity index (χ1n) is 6.15. The Morgan fingerprint density at radius 1 is 1.17 bits per heavy atom. The SMILES string of the molecule is CCOCCN(CCOCC)c1ncncc1I. The fourth-order valence-electron chi connectivity index (χ4n) is 1.50. The fourth-order valence-corrected chi connectivity index (χ4v) is 2.14. The molecule has 1 rings (SSSR count). The second-order valence-corrected chi connectivity index (χ2v) is 4.74. The number of rotatable bonds is 9. The van der Waals surface area contributed by atoms with Gasteiger partial charge in [-0.15, -0.1) is 0 Å². The van der Waals surface area contributed by atoms with Crippen LogP contribution < -0.4 is 4.90 Å². The van der Waals surface area contributed by atoms with Crippen LogP contribution in [0.5, 0.6) is 0 Å². The van der Waals surface area contributed by atoms with E-state index in [0.29, 0.717) is 13.2 Å². The molecule has 1 aromatic rings. The Balaban J connectivity index is 2.60. The lowest BCUT2D eigenvalue weighted by molar-refractivity contribution is 0.141. The summed E-state index contributed by atoms with van der Waals surface area (Å²) in [5, 5.41) is 0. The summed E-state index contributed by atoms with van der Waals surface area (Å²) >= 11 is 2.25. The molecule has 0 unspecified atom stereocenters. The van der Waals surface area contributed by atoms with Crippen molar-refractivity contribution in [1.82, 2.24) is 9.97 Å². The van der Waals surface area contributed by atoms with E-state index in [1.807, 2.05) is 20.0 Å². The number of aromatic nitrogens is 2. The topological polar surface area (TPSA) is 47.5 Å². The van der Waals surface area contributed by atoms with E-state index in [1.54, 1.807) is 6.33 Å². The average molecular weight is 365 g/mol. The maximum Gasteiger partial charge on any atom is 0.145 e. The number of nitrogens with zero attached hydrogens (tertiary/aromatic N) is 3. The van der Waals surface area contributed by atoms with E-state index < -0.39 is 0 Å². The molecule has 0 atom stereocenters. The Kier molecular flexibility index (Phi) is 8.19. The Morgan fingerprint density at radius 2 is 1.78 bits per heavy atom. The number of anilines is 1. The lowest BCUT2D eigenvalue weighted by Crippen LogP contribution is -2.32. The third-order valence-corrected chi connectivity index (χ3v) is 3.13. The molecule has 1 heterocycles. The summed E-state index contributed by atoms with van der Waals surface area (Å²) in [6.45, 7) is 8.49. The first-order chi connectivity index (χ1) is 8.79. The number of hydrogen-bond donors (Lipinski definition) is 0. The van der Waals surface area contributed by atoms with Crippen LogP contribution in [0.15, 0.2) is 12.5 Å². The number of ether oxygens (including phenoxy) is 2. The monoisotopic (exact) mass is 365 g/mol. The van der Waals surface area contributed by atoms with Gasteiger partial charge in [0.25, 0.3) is 0 Å². The molecule has 0 aliphatic carbocycles. The highest BCUT2D eigenvalue weighted by Gasteiger charge is 2.11. The second kappa shape index (κ2) is 9.46. The standard InChI is InChI=1S/C12H20IN3O2/c1-3-17-7-5-16(6-8-18-4-2)12-11(13)9-14-10-15-12/h9-10H,3-8H2,1-2H3. The highest BCUT2D eigenvalue weighted by Crippen LogP contribution is 2.17. The van der Waals surface area contributed by atoms with Gasteiger partial charge in [-0.1, -0.05) is 0 Å². The molecule has 0 aromatic carbocycles. The zero-order chi connectivity index (χ0) is 13.2. The molecule has 5 nitrogen and oxygen atoms in total. The smallest absolute Gasteiger partial charge is 0.145 e. The summed E-state index contributed by atoms with van der Waals surface area (Å²) in [6.07, 6.45) is 3.39. The van der Waals surface area contributed by atoms with E-state index >= 15 is 0 Å². The van der Waals surface area contributed by atoms with Gasteiger partial charge in [-0.2, -0.15) is 0 Å². The third kappa shape index (κ3) is 5.45. The Morgan fingerprint density at radius 3 is 2.28 bits per heavy atom. The van der Waals surface area contributed by atoms with E-state index in [1.165, 1.54) is 0 Å². The molecule has 18 heavy (non-hydrogen) atoms. The zero-order valence-corrected chi connectivity index (χ0v) is 13.1. The maximum atomic E-state index is 5.40. The van der Waals surface area contributed by atoms with Gasteiger partial charge in [0.05, 0.1) is 16.8 Å². The molecular weight excluding hydrogens is 345 g/mol. The van der Waals surface area contributed by atoms with Gasteiger partial charge in [0.2, 0.25) is 0 Å². The second-order valence-electron chi connectivity index (χ2n) is 3.58. The first kappa shape index (κ1) is 15.6. The first-order valence-corrected chi connectivity index (χ1v) is 7.23. The van der Waals surface area contributed by atoms with Crippen LogP contribution in [0.2, 0.25) is 0 Å². The quantitative estimate of drug-likeness (QED) is 0.495. The molecule has 0 spiro atoms. The fraction of sp³-hybridized carbons (Fsp3) is 0.667. The maximum absolute atomic E-state index is 5.40. The molecule has 1 aromatic heterocycles. The van der Waals surface area contributed by atoms with Gasteiger partial charge in [0, 0.05) is 32.5 Å². The van der Waals surface area contributed by atoms with Crippen LogP contribution in [0.25, 0.3) is 0 Å². The molecule has 0 aliphatic heterocycles. The van der Waals surface area contributed by atoms with Crippen LogP contribution >= 0.6 is 22.6 Å². The van der Waals surface area contributed by atoms with Crippen molar-refractivity contribution in [2.45, 2.75) is 13.8 Å². The van der Waals surface area contributed by atoms with Crippen LogP contribution in [0.3, 0.4) is 0 Å². The van der Waals surface area contributed by atoms with Crippen molar-refractivity contribution in [3.8, 4) is 0 Å². The summed E-state index contributed by atoms with van der Waals surface area (Å²) in [5.74, 6) is 0.949. The molecule has 0 amide bonds. The van der Waals surface area contributed by atoms with Gasteiger partial charge >= 0.3 is 0 Å². The third-order valence-electron chi connectivity index (χ3n) is 2.37. The summed E-state index contributed by atoms with van der Waals surface area (Å²) < 4.78 is 11.9. The van der Waals surface area contributed by atoms with Gasteiger partial charge < -0.3 is 14.4 Å².